The van der Waals surface area contributed by atoms with E-state index < -0.39 is 5.82 Å². The molecule has 0 radical (unpaired) electrons. The molecule has 4 rings (SSSR count). The Labute approximate surface area is 168 Å². The van der Waals surface area contributed by atoms with E-state index in [1.54, 1.807) is 11.3 Å². The maximum Gasteiger partial charge on any atom is 0.234 e. The normalized spacial score (nSPS) is 13.7. The number of benzene rings is 1. The Morgan fingerprint density at radius 3 is 2.93 bits per heavy atom. The van der Waals surface area contributed by atoms with Crippen molar-refractivity contribution in [1.82, 2.24) is 14.8 Å². The minimum atomic E-state index is -0.514. The number of thioether (sulfide) groups is 1. The molecule has 2 heterocycles. The van der Waals surface area contributed by atoms with Gasteiger partial charge in [-0.15, -0.1) is 21.5 Å². The fraction of sp³-hybridized carbons (Fsp3) is 0.278. The van der Waals surface area contributed by atoms with Gasteiger partial charge in [0, 0.05) is 23.0 Å². The number of hydrogen-bond donors (Lipinski definition) is 1. The minimum absolute atomic E-state index is 0.0212. The molecular formula is C18H16ClFN4OS2. The van der Waals surface area contributed by atoms with Gasteiger partial charge in [0.1, 0.15) is 11.6 Å². The Hall–Kier alpha value is -1.90. The van der Waals surface area contributed by atoms with Crippen LogP contribution in [0, 0.1) is 5.82 Å². The van der Waals surface area contributed by atoms with Gasteiger partial charge < -0.3 is 9.88 Å². The highest BCUT2D eigenvalue weighted by molar-refractivity contribution is 7.99. The first-order valence-corrected chi connectivity index (χ1v) is 10.7. The molecule has 1 amide bonds. The van der Waals surface area contributed by atoms with Crippen molar-refractivity contribution in [1.29, 1.82) is 0 Å². The van der Waals surface area contributed by atoms with Crippen LogP contribution in [-0.2, 0) is 11.2 Å². The minimum Gasteiger partial charge on any atom is -0.325 e. The van der Waals surface area contributed by atoms with Crippen LogP contribution in [0.1, 0.15) is 29.6 Å². The summed E-state index contributed by atoms with van der Waals surface area (Å²) in [7, 11) is 0. The van der Waals surface area contributed by atoms with Crippen LogP contribution in [0.15, 0.2) is 40.9 Å². The highest BCUT2D eigenvalue weighted by atomic mass is 35.5. The van der Waals surface area contributed by atoms with E-state index in [9.17, 15) is 9.18 Å². The molecule has 1 fully saturated rings. The van der Waals surface area contributed by atoms with Crippen molar-refractivity contribution in [2.24, 2.45) is 0 Å². The van der Waals surface area contributed by atoms with Crippen molar-refractivity contribution in [3.63, 3.8) is 0 Å². The SMILES string of the molecule is O=C(CSc1nnc(Cc2cccs2)n1C1CC1)Nc1ccc(F)c(Cl)c1. The van der Waals surface area contributed by atoms with E-state index >= 15 is 0 Å². The van der Waals surface area contributed by atoms with Gasteiger partial charge in [-0.1, -0.05) is 29.4 Å². The number of amides is 1. The van der Waals surface area contributed by atoms with E-state index in [0.717, 1.165) is 30.2 Å². The predicted molar refractivity (Wildman–Crippen MR) is 106 cm³/mol. The Morgan fingerprint density at radius 2 is 2.22 bits per heavy atom. The van der Waals surface area contributed by atoms with Gasteiger partial charge in [0.15, 0.2) is 5.16 Å². The van der Waals surface area contributed by atoms with Gasteiger partial charge in [-0.3, -0.25) is 4.79 Å². The number of rotatable bonds is 7. The van der Waals surface area contributed by atoms with Crippen LogP contribution >= 0.6 is 34.7 Å². The van der Waals surface area contributed by atoms with Gasteiger partial charge in [-0.05, 0) is 42.5 Å². The number of carbonyl (C=O) groups is 1. The zero-order chi connectivity index (χ0) is 18.8. The van der Waals surface area contributed by atoms with Crippen molar-refractivity contribution in [3.05, 3.63) is 57.3 Å². The summed E-state index contributed by atoms with van der Waals surface area (Å²) >= 11 is 8.80. The molecule has 0 atom stereocenters. The highest BCUT2D eigenvalue weighted by Crippen LogP contribution is 2.39. The smallest absolute Gasteiger partial charge is 0.234 e. The number of nitrogens with one attached hydrogen (secondary N) is 1. The molecule has 1 N–H and O–H groups in total. The maximum absolute atomic E-state index is 13.2. The Morgan fingerprint density at radius 1 is 1.37 bits per heavy atom. The standard InChI is InChI=1S/C18H16ClFN4OS2/c19-14-8-11(3-6-15(14)20)21-17(25)10-27-18-23-22-16(24(18)12-4-5-12)9-13-2-1-7-26-13/h1-3,6-8,12H,4-5,9-10H2,(H,21,25). The van der Waals surface area contributed by atoms with Crippen molar-refractivity contribution in [2.45, 2.75) is 30.5 Å². The number of halogens is 2. The number of carbonyl (C=O) groups excluding carboxylic acids is 1. The van der Waals surface area contributed by atoms with E-state index in [0.29, 0.717) is 11.7 Å². The van der Waals surface area contributed by atoms with E-state index in [-0.39, 0.29) is 16.7 Å². The summed E-state index contributed by atoms with van der Waals surface area (Å²) in [6.07, 6.45) is 2.98. The van der Waals surface area contributed by atoms with Crippen LogP contribution in [0.4, 0.5) is 10.1 Å². The number of hydrogen-bond acceptors (Lipinski definition) is 5. The van der Waals surface area contributed by atoms with E-state index in [2.05, 4.69) is 31.5 Å². The average molecular weight is 423 g/mol. The third-order valence-electron chi connectivity index (χ3n) is 4.10. The van der Waals surface area contributed by atoms with Crippen molar-refractivity contribution in [2.75, 3.05) is 11.1 Å². The fourth-order valence-corrected chi connectivity index (χ4v) is 4.40. The number of anilines is 1. The summed E-state index contributed by atoms with van der Waals surface area (Å²) in [5.41, 5.74) is 0.467. The van der Waals surface area contributed by atoms with Gasteiger partial charge in [-0.25, -0.2) is 4.39 Å². The lowest BCUT2D eigenvalue weighted by atomic mass is 10.3. The lowest BCUT2D eigenvalue weighted by Gasteiger charge is -2.09. The summed E-state index contributed by atoms with van der Waals surface area (Å²) in [4.78, 5) is 13.5. The molecule has 27 heavy (non-hydrogen) atoms. The first-order chi connectivity index (χ1) is 13.1. The summed E-state index contributed by atoms with van der Waals surface area (Å²) in [5.74, 6) is 0.416. The van der Waals surface area contributed by atoms with Crippen LogP contribution in [0.3, 0.4) is 0 Å². The van der Waals surface area contributed by atoms with Crippen LogP contribution < -0.4 is 5.32 Å². The van der Waals surface area contributed by atoms with Gasteiger partial charge in [0.05, 0.1) is 10.8 Å². The molecule has 0 aliphatic heterocycles. The Kier molecular flexibility index (Phi) is 5.47. The number of nitrogens with zero attached hydrogens (tertiary/aromatic N) is 3. The second-order valence-electron chi connectivity index (χ2n) is 6.22. The molecule has 3 aromatic rings. The molecule has 2 aromatic heterocycles. The topological polar surface area (TPSA) is 59.8 Å². The maximum atomic E-state index is 13.2. The zero-order valence-corrected chi connectivity index (χ0v) is 16.6. The Balaban J connectivity index is 1.41. The summed E-state index contributed by atoms with van der Waals surface area (Å²) in [6, 6.07) is 8.65. The molecule has 0 bridgehead atoms. The molecule has 1 aliphatic rings. The second kappa shape index (κ2) is 8.00. The summed E-state index contributed by atoms with van der Waals surface area (Å²) < 4.78 is 15.4. The third kappa shape index (κ3) is 4.51. The second-order valence-corrected chi connectivity index (χ2v) is 8.60. The van der Waals surface area contributed by atoms with Crippen LogP contribution in [0.2, 0.25) is 5.02 Å². The molecule has 0 spiro atoms. The number of aromatic nitrogens is 3. The van der Waals surface area contributed by atoms with E-state index in [1.165, 1.54) is 34.8 Å². The molecule has 9 heteroatoms. The van der Waals surface area contributed by atoms with Crippen LogP contribution in [0.5, 0.6) is 0 Å². The molecule has 1 saturated carbocycles. The number of thiophene rings is 1. The van der Waals surface area contributed by atoms with Gasteiger partial charge >= 0.3 is 0 Å². The third-order valence-corrected chi connectivity index (χ3v) is 6.20. The van der Waals surface area contributed by atoms with Crippen molar-refractivity contribution < 1.29 is 9.18 Å². The monoisotopic (exact) mass is 422 g/mol. The quantitative estimate of drug-likeness (QED) is 0.556. The summed E-state index contributed by atoms with van der Waals surface area (Å²) in [6.45, 7) is 0. The molecule has 0 saturated heterocycles. The molecular weight excluding hydrogens is 407 g/mol. The molecule has 1 aromatic carbocycles. The predicted octanol–water partition coefficient (Wildman–Crippen LogP) is 4.79. The van der Waals surface area contributed by atoms with Crippen LogP contribution in [-0.4, -0.2) is 26.4 Å². The highest BCUT2D eigenvalue weighted by Gasteiger charge is 2.30. The van der Waals surface area contributed by atoms with Crippen LogP contribution in [0.25, 0.3) is 0 Å². The fourth-order valence-electron chi connectivity index (χ4n) is 2.70. The summed E-state index contributed by atoms with van der Waals surface area (Å²) in [5, 5.41) is 14.1. The lowest BCUT2D eigenvalue weighted by Crippen LogP contribution is -2.14. The zero-order valence-electron chi connectivity index (χ0n) is 14.2. The lowest BCUT2D eigenvalue weighted by molar-refractivity contribution is -0.113. The molecule has 5 nitrogen and oxygen atoms in total. The van der Waals surface area contributed by atoms with Gasteiger partial charge in [0.2, 0.25) is 5.91 Å². The molecule has 1 aliphatic carbocycles. The largest absolute Gasteiger partial charge is 0.325 e. The van der Waals surface area contributed by atoms with Crippen molar-refractivity contribution in [3.8, 4) is 0 Å². The van der Waals surface area contributed by atoms with Gasteiger partial charge in [-0.2, -0.15) is 0 Å². The first-order valence-electron chi connectivity index (χ1n) is 8.44. The van der Waals surface area contributed by atoms with E-state index in [1.807, 2.05) is 6.07 Å². The average Bonchev–Trinajstić information content (AvgIpc) is 3.20. The van der Waals surface area contributed by atoms with Crippen molar-refractivity contribution >= 4 is 46.3 Å². The molecule has 140 valence electrons. The van der Waals surface area contributed by atoms with E-state index in [4.69, 9.17) is 11.6 Å². The molecule has 0 unspecified atom stereocenters. The van der Waals surface area contributed by atoms with Gasteiger partial charge in [0.25, 0.3) is 0 Å². The first kappa shape index (κ1) is 18.5. The Bertz CT molecular complexity index is 956.